The summed E-state index contributed by atoms with van der Waals surface area (Å²) >= 11 is 0. The number of rotatable bonds is 5. The van der Waals surface area contributed by atoms with Gasteiger partial charge in [-0.2, -0.15) is 0 Å². The highest BCUT2D eigenvalue weighted by atomic mass is 16.5. The van der Waals surface area contributed by atoms with E-state index in [1.165, 1.54) is 0 Å². The summed E-state index contributed by atoms with van der Waals surface area (Å²) in [5, 5.41) is 18.5. The number of aliphatic hydroxyl groups is 2. The molecule has 0 spiro atoms. The maximum Gasteiger partial charge on any atom is 0.108 e. The molecule has 1 aliphatic carbocycles. The van der Waals surface area contributed by atoms with Crippen molar-refractivity contribution in [2.24, 2.45) is 5.73 Å². The fraction of sp³-hybridized carbons (Fsp3) is 1.00. The van der Waals surface area contributed by atoms with Gasteiger partial charge < -0.3 is 25.4 Å². The molecule has 5 heteroatoms. The molecule has 0 radical (unpaired) electrons. The molecular formula is C10H21NO4. The van der Waals surface area contributed by atoms with E-state index in [-0.39, 0.29) is 37.6 Å². The summed E-state index contributed by atoms with van der Waals surface area (Å²) in [4.78, 5) is 0. The van der Waals surface area contributed by atoms with Crippen LogP contribution in [0.25, 0.3) is 0 Å². The minimum absolute atomic E-state index is 0.0345. The summed E-state index contributed by atoms with van der Waals surface area (Å²) in [6.07, 6.45) is -0.788. The SMILES string of the molecule is CC(C)OC1C(N)CC(OCCO)C1O. The molecule has 90 valence electrons. The third-order valence-corrected chi connectivity index (χ3v) is 2.50. The summed E-state index contributed by atoms with van der Waals surface area (Å²) in [6.45, 7) is 3.99. The van der Waals surface area contributed by atoms with E-state index in [1.54, 1.807) is 0 Å². The third kappa shape index (κ3) is 3.39. The van der Waals surface area contributed by atoms with Gasteiger partial charge in [-0.1, -0.05) is 0 Å². The number of nitrogens with two attached hydrogens (primary N) is 1. The van der Waals surface area contributed by atoms with Crippen LogP contribution < -0.4 is 5.73 Å². The minimum atomic E-state index is -0.700. The predicted molar refractivity (Wildman–Crippen MR) is 55.4 cm³/mol. The highest BCUT2D eigenvalue weighted by Gasteiger charge is 2.42. The molecule has 4 N–H and O–H groups in total. The molecule has 0 aromatic heterocycles. The monoisotopic (exact) mass is 219 g/mol. The molecule has 15 heavy (non-hydrogen) atoms. The lowest BCUT2D eigenvalue weighted by atomic mass is 10.2. The number of hydrogen-bond donors (Lipinski definition) is 3. The summed E-state index contributed by atoms with van der Waals surface area (Å²) < 4.78 is 10.8. The lowest BCUT2D eigenvalue weighted by Gasteiger charge is -2.23. The van der Waals surface area contributed by atoms with Crippen molar-refractivity contribution in [2.45, 2.75) is 50.7 Å². The highest BCUT2D eigenvalue weighted by Crippen LogP contribution is 2.25. The molecule has 0 bridgehead atoms. The Kier molecular flexibility index (Phi) is 4.95. The Labute approximate surface area is 90.2 Å². The third-order valence-electron chi connectivity index (χ3n) is 2.50. The topological polar surface area (TPSA) is 84.9 Å². The smallest absolute Gasteiger partial charge is 0.108 e. The van der Waals surface area contributed by atoms with Gasteiger partial charge in [-0.25, -0.2) is 0 Å². The second-order valence-electron chi connectivity index (χ2n) is 4.17. The second kappa shape index (κ2) is 5.77. The number of aliphatic hydroxyl groups excluding tert-OH is 2. The van der Waals surface area contributed by atoms with E-state index >= 15 is 0 Å². The maximum atomic E-state index is 9.88. The molecule has 0 aromatic carbocycles. The first-order valence-electron chi connectivity index (χ1n) is 5.37. The molecule has 1 aliphatic rings. The van der Waals surface area contributed by atoms with Crippen molar-refractivity contribution < 1.29 is 19.7 Å². The first-order valence-corrected chi connectivity index (χ1v) is 5.37. The highest BCUT2D eigenvalue weighted by molar-refractivity contribution is 4.96. The van der Waals surface area contributed by atoms with Gasteiger partial charge in [-0.3, -0.25) is 0 Å². The van der Waals surface area contributed by atoms with Gasteiger partial charge in [-0.15, -0.1) is 0 Å². The molecule has 4 atom stereocenters. The molecule has 0 aliphatic heterocycles. The van der Waals surface area contributed by atoms with Gasteiger partial charge in [0.15, 0.2) is 0 Å². The molecule has 1 fully saturated rings. The molecule has 5 nitrogen and oxygen atoms in total. The van der Waals surface area contributed by atoms with E-state index in [2.05, 4.69) is 0 Å². The van der Waals surface area contributed by atoms with Crippen molar-refractivity contribution in [2.75, 3.05) is 13.2 Å². The van der Waals surface area contributed by atoms with Crippen LogP contribution in [-0.4, -0.2) is 53.9 Å². The Morgan fingerprint density at radius 2 is 2.13 bits per heavy atom. The average molecular weight is 219 g/mol. The maximum absolute atomic E-state index is 9.88. The Morgan fingerprint density at radius 3 is 2.67 bits per heavy atom. The lowest BCUT2D eigenvalue weighted by molar-refractivity contribution is -0.0964. The van der Waals surface area contributed by atoms with Gasteiger partial charge in [-0.05, 0) is 20.3 Å². The van der Waals surface area contributed by atoms with Gasteiger partial charge >= 0.3 is 0 Å². The van der Waals surface area contributed by atoms with Crippen LogP contribution in [-0.2, 0) is 9.47 Å². The molecule has 0 heterocycles. The van der Waals surface area contributed by atoms with Crippen LogP contribution in [0.2, 0.25) is 0 Å². The standard InChI is InChI=1S/C10H21NO4/c1-6(2)15-10-7(11)5-8(9(10)13)14-4-3-12/h6-10,12-13H,3-5,11H2,1-2H3. The van der Waals surface area contributed by atoms with E-state index in [0.717, 1.165) is 0 Å². The molecular weight excluding hydrogens is 198 g/mol. The van der Waals surface area contributed by atoms with E-state index in [4.69, 9.17) is 20.3 Å². The van der Waals surface area contributed by atoms with E-state index in [1.807, 2.05) is 13.8 Å². The summed E-state index contributed by atoms with van der Waals surface area (Å²) in [5.41, 5.74) is 5.85. The molecule has 4 unspecified atom stereocenters. The van der Waals surface area contributed by atoms with Crippen molar-refractivity contribution in [1.82, 2.24) is 0 Å². The van der Waals surface area contributed by atoms with Crippen LogP contribution >= 0.6 is 0 Å². The van der Waals surface area contributed by atoms with Crippen LogP contribution in [0.4, 0.5) is 0 Å². The zero-order valence-corrected chi connectivity index (χ0v) is 9.30. The van der Waals surface area contributed by atoms with Gasteiger partial charge in [0.2, 0.25) is 0 Å². The van der Waals surface area contributed by atoms with E-state index in [9.17, 15) is 5.11 Å². The van der Waals surface area contributed by atoms with Crippen LogP contribution in [0.3, 0.4) is 0 Å². The predicted octanol–water partition coefficient (Wildman–Crippen LogP) is -0.751. The fourth-order valence-electron chi connectivity index (χ4n) is 1.87. The summed E-state index contributed by atoms with van der Waals surface area (Å²) in [5.74, 6) is 0. The molecule has 0 saturated heterocycles. The van der Waals surface area contributed by atoms with E-state index in [0.29, 0.717) is 6.42 Å². The van der Waals surface area contributed by atoms with Gasteiger partial charge in [0, 0.05) is 6.04 Å². The molecule has 0 amide bonds. The van der Waals surface area contributed by atoms with Crippen LogP contribution in [0.15, 0.2) is 0 Å². The van der Waals surface area contributed by atoms with E-state index < -0.39 is 6.10 Å². The van der Waals surface area contributed by atoms with Crippen LogP contribution in [0, 0.1) is 0 Å². The van der Waals surface area contributed by atoms with Crippen molar-refractivity contribution in [3.05, 3.63) is 0 Å². The largest absolute Gasteiger partial charge is 0.394 e. The van der Waals surface area contributed by atoms with Crippen LogP contribution in [0.5, 0.6) is 0 Å². The number of hydrogen-bond acceptors (Lipinski definition) is 5. The molecule has 1 saturated carbocycles. The first kappa shape index (κ1) is 12.9. The Bertz CT molecular complexity index is 188. The van der Waals surface area contributed by atoms with Crippen molar-refractivity contribution >= 4 is 0 Å². The summed E-state index contributed by atoms with van der Waals surface area (Å²) in [7, 11) is 0. The molecule has 0 aromatic rings. The minimum Gasteiger partial charge on any atom is -0.394 e. The van der Waals surface area contributed by atoms with Gasteiger partial charge in [0.1, 0.15) is 12.2 Å². The number of ether oxygens (including phenoxy) is 2. The van der Waals surface area contributed by atoms with Gasteiger partial charge in [0.25, 0.3) is 0 Å². The first-order chi connectivity index (χ1) is 7.06. The molecule has 1 rings (SSSR count). The van der Waals surface area contributed by atoms with Crippen molar-refractivity contribution in [1.29, 1.82) is 0 Å². The average Bonchev–Trinajstić information content (AvgIpc) is 2.42. The van der Waals surface area contributed by atoms with Crippen molar-refractivity contribution in [3.8, 4) is 0 Å². The fourth-order valence-corrected chi connectivity index (χ4v) is 1.87. The summed E-state index contributed by atoms with van der Waals surface area (Å²) in [6, 6.07) is -0.203. The van der Waals surface area contributed by atoms with Gasteiger partial charge in [0.05, 0.1) is 25.4 Å². The second-order valence-corrected chi connectivity index (χ2v) is 4.17. The quantitative estimate of drug-likeness (QED) is 0.566. The normalized spacial score (nSPS) is 36.4. The Hall–Kier alpha value is -0.200. The lowest BCUT2D eigenvalue weighted by Crippen LogP contribution is -2.41. The zero-order chi connectivity index (χ0) is 11.4. The Morgan fingerprint density at radius 1 is 1.47 bits per heavy atom. The van der Waals surface area contributed by atoms with Crippen molar-refractivity contribution in [3.63, 3.8) is 0 Å². The zero-order valence-electron chi connectivity index (χ0n) is 9.30. The van der Waals surface area contributed by atoms with Crippen LogP contribution in [0.1, 0.15) is 20.3 Å². The Balaban J connectivity index is 2.46.